The maximum absolute atomic E-state index is 12.5. The number of nitrogens with two attached hydrogens (primary N) is 1. The van der Waals surface area contributed by atoms with Crippen LogP contribution in [0.3, 0.4) is 0 Å². The number of hydrogen-bond acceptors (Lipinski definition) is 7. The number of esters is 1. The molecule has 8 nitrogen and oxygen atoms in total. The number of fused-ring (bicyclic) bond motifs is 1. The number of benzene rings is 2. The Morgan fingerprint density at radius 2 is 1.87 bits per heavy atom. The van der Waals surface area contributed by atoms with Crippen LogP contribution >= 0.6 is 11.6 Å². The number of halogens is 1. The number of amides is 1. The smallest absolute Gasteiger partial charge is 0.338 e. The molecule has 0 atom stereocenters. The first-order valence-corrected chi connectivity index (χ1v) is 9.16. The second-order valence-corrected chi connectivity index (χ2v) is 6.70. The van der Waals surface area contributed by atoms with Crippen molar-refractivity contribution in [1.29, 1.82) is 0 Å². The average molecular weight is 432 g/mol. The summed E-state index contributed by atoms with van der Waals surface area (Å²) < 4.78 is 21.0. The summed E-state index contributed by atoms with van der Waals surface area (Å²) in [6.45, 7) is 0.834. The number of para-hydroxylation sites is 1. The van der Waals surface area contributed by atoms with Crippen LogP contribution in [0.25, 0.3) is 11.0 Å². The van der Waals surface area contributed by atoms with E-state index in [0.29, 0.717) is 11.1 Å². The summed E-state index contributed by atoms with van der Waals surface area (Å²) in [4.78, 5) is 35.8. The molecular formula is C21H18ClNO7. The Kier molecular flexibility index (Phi) is 6.27. The fourth-order valence-electron chi connectivity index (χ4n) is 2.84. The van der Waals surface area contributed by atoms with Crippen LogP contribution in [0.5, 0.6) is 11.5 Å². The Hall–Kier alpha value is -3.52. The lowest BCUT2D eigenvalue weighted by atomic mass is 10.1. The van der Waals surface area contributed by atoms with Gasteiger partial charge in [-0.25, -0.2) is 4.79 Å². The molecule has 0 spiro atoms. The number of carbonyl (C=O) groups excluding carboxylic acids is 3. The highest BCUT2D eigenvalue weighted by atomic mass is 35.5. The van der Waals surface area contributed by atoms with Gasteiger partial charge in [0.2, 0.25) is 5.78 Å². The van der Waals surface area contributed by atoms with Gasteiger partial charge in [0.05, 0.1) is 17.7 Å². The normalized spacial score (nSPS) is 10.6. The van der Waals surface area contributed by atoms with Crippen LogP contribution in [0.1, 0.15) is 26.5 Å². The van der Waals surface area contributed by atoms with E-state index in [9.17, 15) is 14.4 Å². The Bertz CT molecular complexity index is 1140. The first-order chi connectivity index (χ1) is 14.3. The Balaban J connectivity index is 1.73. The van der Waals surface area contributed by atoms with Crippen molar-refractivity contribution < 1.29 is 33.0 Å². The minimum absolute atomic E-state index is 0.0157. The van der Waals surface area contributed by atoms with Crippen molar-refractivity contribution in [2.45, 2.75) is 6.92 Å². The Labute approximate surface area is 176 Å². The van der Waals surface area contributed by atoms with Crippen LogP contribution in [-0.4, -0.2) is 38.0 Å². The monoisotopic (exact) mass is 431 g/mol. The lowest BCUT2D eigenvalue weighted by Gasteiger charge is -2.13. The van der Waals surface area contributed by atoms with Gasteiger partial charge in [0.1, 0.15) is 5.58 Å². The quantitative estimate of drug-likeness (QED) is 0.429. The molecule has 0 radical (unpaired) electrons. The number of aryl methyl sites for hydroxylation is 1. The molecule has 0 aliphatic rings. The van der Waals surface area contributed by atoms with Gasteiger partial charge in [-0.1, -0.05) is 29.8 Å². The largest absolute Gasteiger partial charge is 0.493 e. The predicted octanol–water partition coefficient (Wildman–Crippen LogP) is 3.31. The molecule has 0 saturated heterocycles. The zero-order chi connectivity index (χ0) is 21.8. The number of carbonyl (C=O) groups is 3. The summed E-state index contributed by atoms with van der Waals surface area (Å²) in [5.41, 5.74) is 6.34. The topological polar surface area (TPSA) is 118 Å². The van der Waals surface area contributed by atoms with Crippen LogP contribution in [0.15, 0.2) is 40.8 Å². The number of ketones is 1. The molecule has 0 fully saturated rings. The summed E-state index contributed by atoms with van der Waals surface area (Å²) in [6, 6.07) is 9.83. The summed E-state index contributed by atoms with van der Waals surface area (Å²) in [5, 5.41) is 0.831. The van der Waals surface area contributed by atoms with Crippen molar-refractivity contribution in [3.8, 4) is 11.5 Å². The van der Waals surface area contributed by atoms with Gasteiger partial charge in [-0.2, -0.15) is 0 Å². The molecule has 9 heteroatoms. The molecule has 3 rings (SSSR count). The van der Waals surface area contributed by atoms with Gasteiger partial charge in [-0.15, -0.1) is 0 Å². The standard InChI is InChI=1S/C21H18ClNO7/c1-11-13-5-3-4-6-16(13)30-19(11)15(24)9-29-21(26)12-7-14(22)20(17(8-12)27-2)28-10-18(23)25/h3-8H,9-10H2,1-2H3,(H2,23,25). The van der Waals surface area contributed by atoms with E-state index in [0.717, 1.165) is 5.39 Å². The van der Waals surface area contributed by atoms with Crippen molar-refractivity contribution in [2.75, 3.05) is 20.3 Å². The molecule has 1 amide bonds. The highest BCUT2D eigenvalue weighted by molar-refractivity contribution is 6.32. The summed E-state index contributed by atoms with van der Waals surface area (Å²) >= 11 is 6.12. The SMILES string of the molecule is COc1cc(C(=O)OCC(=O)c2oc3ccccc3c2C)cc(Cl)c1OCC(N)=O. The first-order valence-electron chi connectivity index (χ1n) is 8.79. The number of methoxy groups -OCH3 is 1. The summed E-state index contributed by atoms with van der Waals surface area (Å²) in [6.07, 6.45) is 0. The molecule has 30 heavy (non-hydrogen) atoms. The number of primary amides is 1. The van der Waals surface area contributed by atoms with Crippen molar-refractivity contribution in [2.24, 2.45) is 5.73 Å². The van der Waals surface area contributed by atoms with Crippen molar-refractivity contribution in [1.82, 2.24) is 0 Å². The van der Waals surface area contributed by atoms with E-state index >= 15 is 0 Å². The van der Waals surface area contributed by atoms with Crippen molar-refractivity contribution in [3.63, 3.8) is 0 Å². The lowest BCUT2D eigenvalue weighted by molar-refractivity contribution is -0.119. The average Bonchev–Trinajstić information content (AvgIpc) is 3.07. The summed E-state index contributed by atoms with van der Waals surface area (Å²) in [7, 11) is 1.34. The van der Waals surface area contributed by atoms with Gasteiger partial charge in [0.15, 0.2) is 30.5 Å². The molecule has 156 valence electrons. The van der Waals surface area contributed by atoms with Crippen LogP contribution in [0.4, 0.5) is 0 Å². The van der Waals surface area contributed by atoms with Crippen molar-refractivity contribution in [3.05, 3.63) is 58.3 Å². The van der Waals surface area contributed by atoms with Gasteiger partial charge in [0.25, 0.3) is 5.91 Å². The zero-order valence-electron chi connectivity index (χ0n) is 16.2. The fraction of sp³-hybridized carbons (Fsp3) is 0.190. The highest BCUT2D eigenvalue weighted by Crippen LogP contribution is 2.36. The number of furan rings is 1. The molecule has 0 saturated carbocycles. The zero-order valence-corrected chi connectivity index (χ0v) is 16.9. The minimum Gasteiger partial charge on any atom is -0.493 e. The van der Waals surface area contributed by atoms with Gasteiger partial charge in [-0.05, 0) is 25.1 Å². The number of ether oxygens (including phenoxy) is 3. The van der Waals surface area contributed by atoms with Gasteiger partial charge in [-0.3, -0.25) is 9.59 Å². The molecule has 1 heterocycles. The van der Waals surface area contributed by atoms with Crippen LogP contribution in [0.2, 0.25) is 5.02 Å². The second kappa shape index (κ2) is 8.87. The molecule has 0 bridgehead atoms. The van der Waals surface area contributed by atoms with E-state index in [1.54, 1.807) is 19.1 Å². The molecule has 0 aliphatic heterocycles. The van der Waals surface area contributed by atoms with E-state index in [-0.39, 0.29) is 27.8 Å². The Morgan fingerprint density at radius 1 is 1.13 bits per heavy atom. The maximum atomic E-state index is 12.5. The van der Waals surface area contributed by atoms with Gasteiger partial charge < -0.3 is 24.4 Å². The van der Waals surface area contributed by atoms with Crippen LogP contribution < -0.4 is 15.2 Å². The number of hydrogen-bond donors (Lipinski definition) is 1. The highest BCUT2D eigenvalue weighted by Gasteiger charge is 2.21. The third-order valence-corrected chi connectivity index (χ3v) is 4.54. The van der Waals surface area contributed by atoms with Crippen LogP contribution in [0, 0.1) is 6.92 Å². The molecule has 2 N–H and O–H groups in total. The van der Waals surface area contributed by atoms with E-state index < -0.39 is 30.9 Å². The molecule has 0 unspecified atom stereocenters. The molecule has 1 aromatic heterocycles. The van der Waals surface area contributed by atoms with E-state index in [4.69, 9.17) is 36.0 Å². The minimum atomic E-state index is -0.793. The van der Waals surface area contributed by atoms with Gasteiger partial charge in [0, 0.05) is 10.9 Å². The summed E-state index contributed by atoms with van der Waals surface area (Å²) in [5.74, 6) is -1.67. The number of rotatable bonds is 8. The third kappa shape index (κ3) is 4.38. The van der Waals surface area contributed by atoms with E-state index in [1.807, 2.05) is 12.1 Å². The third-order valence-electron chi connectivity index (χ3n) is 4.26. The van der Waals surface area contributed by atoms with Gasteiger partial charge >= 0.3 is 5.97 Å². The molecular weight excluding hydrogens is 414 g/mol. The lowest BCUT2D eigenvalue weighted by Crippen LogP contribution is -2.20. The molecule has 3 aromatic rings. The molecule has 0 aliphatic carbocycles. The van der Waals surface area contributed by atoms with E-state index in [1.165, 1.54) is 19.2 Å². The molecule has 2 aromatic carbocycles. The Morgan fingerprint density at radius 3 is 2.53 bits per heavy atom. The fourth-order valence-corrected chi connectivity index (χ4v) is 3.11. The number of Topliss-reactive ketones (excluding diaryl/α,β-unsaturated/α-hetero) is 1. The first kappa shape index (κ1) is 21.2. The van der Waals surface area contributed by atoms with Crippen LogP contribution in [-0.2, 0) is 9.53 Å². The second-order valence-electron chi connectivity index (χ2n) is 6.30. The maximum Gasteiger partial charge on any atom is 0.338 e. The van der Waals surface area contributed by atoms with Crippen molar-refractivity contribution >= 4 is 40.2 Å². The van der Waals surface area contributed by atoms with E-state index in [2.05, 4.69) is 0 Å². The predicted molar refractivity (Wildman–Crippen MR) is 108 cm³/mol.